The van der Waals surface area contributed by atoms with E-state index in [2.05, 4.69) is 5.32 Å². The Morgan fingerprint density at radius 3 is 2.62 bits per heavy atom. The quantitative estimate of drug-likeness (QED) is 0.739. The number of likely N-dealkylation sites (N-methyl/N-ethyl adjacent to an activating group) is 1. The number of ether oxygens (including phenoxy) is 1. The molecule has 1 amide bonds. The minimum atomic E-state index is -3.57. The molecule has 1 N–H and O–H groups in total. The standard InChI is InChI=1S/C20H24FN3O4S/c1-23(15-20(25)22-18-6-3-5-17(21)13-18)14-16-4-2-7-19(12-16)29(26,27)24-8-10-28-11-9-24/h2-7,12-13H,8-11,14-15H2,1H3,(H,22,25). The van der Waals surface area contributed by atoms with Gasteiger partial charge in [-0.05, 0) is 42.9 Å². The topological polar surface area (TPSA) is 79.0 Å². The molecule has 1 saturated heterocycles. The zero-order valence-corrected chi connectivity index (χ0v) is 17.0. The summed E-state index contributed by atoms with van der Waals surface area (Å²) in [6.07, 6.45) is 0. The summed E-state index contributed by atoms with van der Waals surface area (Å²) >= 11 is 0. The third-order valence-electron chi connectivity index (χ3n) is 4.48. The zero-order chi connectivity index (χ0) is 20.9. The van der Waals surface area contributed by atoms with E-state index in [1.54, 1.807) is 36.2 Å². The first-order valence-corrected chi connectivity index (χ1v) is 10.7. The Balaban J connectivity index is 1.61. The van der Waals surface area contributed by atoms with Crippen LogP contribution < -0.4 is 5.32 Å². The molecule has 29 heavy (non-hydrogen) atoms. The van der Waals surface area contributed by atoms with Gasteiger partial charge in [-0.25, -0.2) is 12.8 Å². The first-order valence-electron chi connectivity index (χ1n) is 9.25. The molecule has 0 saturated carbocycles. The summed E-state index contributed by atoms with van der Waals surface area (Å²) < 4.78 is 45.5. The molecule has 9 heteroatoms. The van der Waals surface area contributed by atoms with Crippen LogP contribution in [0.5, 0.6) is 0 Å². The third kappa shape index (κ3) is 5.83. The van der Waals surface area contributed by atoms with Crippen molar-refractivity contribution in [2.75, 3.05) is 45.2 Å². The highest BCUT2D eigenvalue weighted by atomic mass is 32.2. The summed E-state index contributed by atoms with van der Waals surface area (Å²) in [5.74, 6) is -0.704. The number of morpholine rings is 1. The fraction of sp³-hybridized carbons (Fsp3) is 0.350. The lowest BCUT2D eigenvalue weighted by molar-refractivity contribution is -0.117. The molecule has 0 atom stereocenters. The van der Waals surface area contributed by atoms with E-state index < -0.39 is 15.8 Å². The van der Waals surface area contributed by atoms with Crippen LogP contribution >= 0.6 is 0 Å². The van der Waals surface area contributed by atoms with Gasteiger partial charge < -0.3 is 10.1 Å². The first kappa shape index (κ1) is 21.4. The van der Waals surface area contributed by atoms with Gasteiger partial charge in [-0.15, -0.1) is 0 Å². The highest BCUT2D eigenvalue weighted by Crippen LogP contribution is 2.19. The summed E-state index contributed by atoms with van der Waals surface area (Å²) in [5.41, 5.74) is 1.17. The predicted octanol–water partition coefficient (Wildman–Crippen LogP) is 1.92. The average Bonchev–Trinajstić information content (AvgIpc) is 2.68. The van der Waals surface area contributed by atoms with Gasteiger partial charge in [-0.1, -0.05) is 18.2 Å². The molecular formula is C20H24FN3O4S. The normalized spacial score (nSPS) is 15.4. The zero-order valence-electron chi connectivity index (χ0n) is 16.2. The number of benzene rings is 2. The molecule has 1 fully saturated rings. The monoisotopic (exact) mass is 421 g/mol. The summed E-state index contributed by atoms with van der Waals surface area (Å²) in [7, 11) is -1.81. The van der Waals surface area contributed by atoms with Gasteiger partial charge in [0.25, 0.3) is 0 Å². The number of hydrogen-bond acceptors (Lipinski definition) is 5. The van der Waals surface area contributed by atoms with Crippen LogP contribution in [0.3, 0.4) is 0 Å². The second kappa shape index (κ2) is 9.45. The maximum Gasteiger partial charge on any atom is 0.243 e. The van der Waals surface area contributed by atoms with E-state index in [0.717, 1.165) is 5.56 Å². The van der Waals surface area contributed by atoms with Crippen molar-refractivity contribution in [2.24, 2.45) is 0 Å². The number of hydrogen-bond donors (Lipinski definition) is 1. The van der Waals surface area contributed by atoms with Gasteiger partial charge in [0.1, 0.15) is 5.82 Å². The molecule has 1 heterocycles. The van der Waals surface area contributed by atoms with Gasteiger partial charge in [0.05, 0.1) is 24.7 Å². The van der Waals surface area contributed by atoms with E-state index >= 15 is 0 Å². The van der Waals surface area contributed by atoms with Crippen LogP contribution in [0, 0.1) is 5.82 Å². The molecule has 1 aliphatic heterocycles. The number of nitrogens with zero attached hydrogens (tertiary/aromatic N) is 2. The van der Waals surface area contributed by atoms with Crippen molar-refractivity contribution >= 4 is 21.6 Å². The Hall–Kier alpha value is -2.33. The Morgan fingerprint density at radius 2 is 1.90 bits per heavy atom. The molecular weight excluding hydrogens is 397 g/mol. The number of halogens is 1. The molecule has 0 aromatic heterocycles. The van der Waals surface area contributed by atoms with Gasteiger partial charge in [-0.2, -0.15) is 4.31 Å². The molecule has 2 aromatic rings. The van der Waals surface area contributed by atoms with Crippen LogP contribution in [0.4, 0.5) is 10.1 Å². The number of rotatable bonds is 7. The number of sulfonamides is 1. The molecule has 3 rings (SSSR count). The van der Waals surface area contributed by atoms with E-state index in [4.69, 9.17) is 4.74 Å². The minimum absolute atomic E-state index is 0.0803. The van der Waals surface area contributed by atoms with Crippen LogP contribution in [0.25, 0.3) is 0 Å². The number of carbonyl (C=O) groups is 1. The highest BCUT2D eigenvalue weighted by Gasteiger charge is 2.26. The Bertz CT molecular complexity index is 962. The molecule has 0 bridgehead atoms. The maximum atomic E-state index is 13.2. The lowest BCUT2D eigenvalue weighted by Gasteiger charge is -2.26. The summed E-state index contributed by atoms with van der Waals surface area (Å²) in [6.45, 7) is 1.93. The summed E-state index contributed by atoms with van der Waals surface area (Å²) in [6, 6.07) is 12.4. The Morgan fingerprint density at radius 1 is 1.17 bits per heavy atom. The molecule has 1 aliphatic rings. The van der Waals surface area contributed by atoms with Crippen molar-refractivity contribution < 1.29 is 22.3 Å². The number of anilines is 1. The van der Waals surface area contributed by atoms with Crippen molar-refractivity contribution in [2.45, 2.75) is 11.4 Å². The van der Waals surface area contributed by atoms with Gasteiger partial charge in [0.15, 0.2) is 0 Å². The second-order valence-electron chi connectivity index (χ2n) is 6.89. The molecule has 7 nitrogen and oxygen atoms in total. The van der Waals surface area contributed by atoms with Crippen molar-refractivity contribution in [3.8, 4) is 0 Å². The minimum Gasteiger partial charge on any atom is -0.379 e. The smallest absolute Gasteiger partial charge is 0.243 e. The van der Waals surface area contributed by atoms with Gasteiger partial charge in [0, 0.05) is 25.3 Å². The molecule has 0 spiro atoms. The van der Waals surface area contributed by atoms with Crippen molar-refractivity contribution in [3.05, 3.63) is 59.9 Å². The summed E-state index contributed by atoms with van der Waals surface area (Å²) in [4.78, 5) is 14.2. The average molecular weight is 421 g/mol. The molecule has 2 aromatic carbocycles. The Kier molecular flexibility index (Phi) is 6.96. The van der Waals surface area contributed by atoms with E-state index in [1.165, 1.54) is 22.5 Å². The van der Waals surface area contributed by atoms with Crippen molar-refractivity contribution in [1.82, 2.24) is 9.21 Å². The second-order valence-corrected chi connectivity index (χ2v) is 8.83. The van der Waals surface area contributed by atoms with Gasteiger partial charge in [0.2, 0.25) is 15.9 Å². The number of carbonyl (C=O) groups excluding carboxylic acids is 1. The highest BCUT2D eigenvalue weighted by molar-refractivity contribution is 7.89. The third-order valence-corrected chi connectivity index (χ3v) is 6.38. The molecule has 0 unspecified atom stereocenters. The van der Waals surface area contributed by atoms with Gasteiger partial charge in [-0.3, -0.25) is 9.69 Å². The lowest BCUT2D eigenvalue weighted by Crippen LogP contribution is -2.40. The maximum absolute atomic E-state index is 13.2. The van der Waals surface area contributed by atoms with Crippen molar-refractivity contribution in [1.29, 1.82) is 0 Å². The lowest BCUT2D eigenvalue weighted by atomic mass is 10.2. The number of amides is 1. The van der Waals surface area contributed by atoms with Crippen LogP contribution in [-0.4, -0.2) is 63.4 Å². The van der Waals surface area contributed by atoms with E-state index in [0.29, 0.717) is 38.5 Å². The fourth-order valence-electron chi connectivity index (χ4n) is 3.12. The largest absolute Gasteiger partial charge is 0.379 e. The first-order chi connectivity index (χ1) is 13.8. The fourth-order valence-corrected chi connectivity index (χ4v) is 4.60. The van der Waals surface area contributed by atoms with Crippen LogP contribution in [0.1, 0.15) is 5.56 Å². The van der Waals surface area contributed by atoms with E-state index in [9.17, 15) is 17.6 Å². The number of nitrogens with one attached hydrogen (secondary N) is 1. The van der Waals surface area contributed by atoms with Crippen LogP contribution in [-0.2, 0) is 26.1 Å². The molecule has 0 aliphatic carbocycles. The summed E-state index contributed by atoms with van der Waals surface area (Å²) in [5, 5.41) is 2.64. The predicted molar refractivity (Wildman–Crippen MR) is 107 cm³/mol. The van der Waals surface area contributed by atoms with E-state index in [1.807, 2.05) is 6.07 Å². The van der Waals surface area contributed by atoms with E-state index in [-0.39, 0.29) is 17.3 Å². The Labute approximate surface area is 170 Å². The van der Waals surface area contributed by atoms with Crippen LogP contribution in [0.15, 0.2) is 53.4 Å². The van der Waals surface area contributed by atoms with Crippen LogP contribution in [0.2, 0.25) is 0 Å². The molecule has 156 valence electrons. The van der Waals surface area contributed by atoms with Gasteiger partial charge >= 0.3 is 0 Å². The SMILES string of the molecule is CN(CC(=O)Nc1cccc(F)c1)Cc1cccc(S(=O)(=O)N2CCOCC2)c1. The van der Waals surface area contributed by atoms with Crippen molar-refractivity contribution in [3.63, 3.8) is 0 Å². The molecule has 0 radical (unpaired) electrons.